The monoisotopic (exact) mass is 379 g/mol. The van der Waals surface area contributed by atoms with Gasteiger partial charge in [-0.1, -0.05) is 17.7 Å². The Kier molecular flexibility index (Phi) is 6.98. The minimum atomic E-state index is -3.78. The molecule has 134 valence electrons. The smallest absolute Gasteiger partial charge is 0.242 e. The van der Waals surface area contributed by atoms with Crippen molar-refractivity contribution in [3.8, 4) is 0 Å². The molecule has 6 nitrogen and oxygen atoms in total. The van der Waals surface area contributed by atoms with Gasteiger partial charge in [0, 0.05) is 18.1 Å². The van der Waals surface area contributed by atoms with Crippen molar-refractivity contribution in [2.45, 2.75) is 24.3 Å². The molecular weight excluding hydrogens is 358 g/mol. The third-order valence-electron chi connectivity index (χ3n) is 3.50. The van der Waals surface area contributed by atoms with Gasteiger partial charge < -0.3 is 5.32 Å². The fraction of sp³-hybridized carbons (Fsp3) is 0.294. The van der Waals surface area contributed by atoms with Crippen molar-refractivity contribution in [1.82, 2.24) is 9.71 Å². The van der Waals surface area contributed by atoms with Crippen LogP contribution in [0.2, 0.25) is 0 Å². The van der Waals surface area contributed by atoms with Gasteiger partial charge in [0.25, 0.3) is 0 Å². The van der Waals surface area contributed by atoms with Crippen molar-refractivity contribution < 1.29 is 13.2 Å². The Labute approximate surface area is 152 Å². The highest BCUT2D eigenvalue weighted by Crippen LogP contribution is 2.13. The summed E-state index contributed by atoms with van der Waals surface area (Å²) in [6.45, 7) is 1.88. The Morgan fingerprint density at radius 1 is 1.16 bits per heavy atom. The van der Waals surface area contributed by atoms with Crippen LogP contribution >= 0.6 is 11.8 Å². The largest absolute Gasteiger partial charge is 0.325 e. The van der Waals surface area contributed by atoms with Gasteiger partial charge in [-0.3, -0.25) is 9.78 Å². The number of nitrogens with zero attached hydrogens (tertiary/aromatic N) is 1. The minimum absolute atomic E-state index is 0.143. The summed E-state index contributed by atoms with van der Waals surface area (Å²) >= 11 is 1.55. The normalized spacial score (nSPS) is 12.6. The van der Waals surface area contributed by atoms with Crippen LogP contribution in [0.25, 0.3) is 0 Å². The molecule has 0 aliphatic rings. The second kappa shape index (κ2) is 8.98. The van der Waals surface area contributed by atoms with Crippen LogP contribution in [-0.2, 0) is 14.8 Å². The lowest BCUT2D eigenvalue weighted by molar-refractivity contribution is -0.117. The first kappa shape index (κ1) is 19.4. The SMILES string of the molecule is CSCC[C@H](NS(=O)(=O)c1ccc(C)cc1)C(=O)Nc1ccncc1. The molecule has 1 heterocycles. The zero-order chi connectivity index (χ0) is 18.3. The quantitative estimate of drug-likeness (QED) is 0.735. The van der Waals surface area contributed by atoms with Crippen LogP contribution in [0, 0.1) is 6.92 Å². The third kappa shape index (κ3) is 5.84. The number of sulfonamides is 1. The van der Waals surface area contributed by atoms with Crippen molar-refractivity contribution in [2.24, 2.45) is 0 Å². The van der Waals surface area contributed by atoms with Crippen LogP contribution in [0.4, 0.5) is 5.69 Å². The molecular formula is C17H21N3O3S2. The predicted octanol–water partition coefficient (Wildman–Crippen LogP) is 2.43. The Bertz CT molecular complexity index is 794. The first-order valence-corrected chi connectivity index (χ1v) is 10.6. The molecule has 0 aliphatic heterocycles. The molecule has 2 rings (SSSR count). The first-order valence-electron chi connectivity index (χ1n) is 7.71. The molecule has 2 N–H and O–H groups in total. The van der Waals surface area contributed by atoms with E-state index < -0.39 is 22.0 Å². The Balaban J connectivity index is 2.15. The van der Waals surface area contributed by atoms with E-state index in [9.17, 15) is 13.2 Å². The number of nitrogens with one attached hydrogen (secondary N) is 2. The molecule has 8 heteroatoms. The standard InChI is InChI=1S/C17H21N3O3S2/c1-13-3-5-15(6-4-13)25(22,23)20-16(9-12-24-2)17(21)19-14-7-10-18-11-8-14/h3-8,10-11,16,20H,9,12H2,1-2H3,(H,18,19,21)/t16-/m0/s1. The highest BCUT2D eigenvalue weighted by atomic mass is 32.2. The lowest BCUT2D eigenvalue weighted by atomic mass is 10.2. The summed E-state index contributed by atoms with van der Waals surface area (Å²) < 4.78 is 27.6. The number of carbonyl (C=O) groups is 1. The van der Waals surface area contributed by atoms with Crippen LogP contribution < -0.4 is 10.0 Å². The number of carbonyl (C=O) groups excluding carboxylic acids is 1. The zero-order valence-electron chi connectivity index (χ0n) is 14.1. The lowest BCUT2D eigenvalue weighted by Crippen LogP contribution is -2.44. The zero-order valence-corrected chi connectivity index (χ0v) is 15.7. The highest BCUT2D eigenvalue weighted by molar-refractivity contribution is 7.98. The maximum Gasteiger partial charge on any atom is 0.242 e. The Morgan fingerprint density at radius 2 is 1.80 bits per heavy atom. The van der Waals surface area contributed by atoms with Gasteiger partial charge in [0.2, 0.25) is 15.9 Å². The Morgan fingerprint density at radius 3 is 2.40 bits per heavy atom. The molecule has 2 aromatic rings. The van der Waals surface area contributed by atoms with Gasteiger partial charge in [-0.25, -0.2) is 8.42 Å². The maximum atomic E-state index is 12.6. The number of benzene rings is 1. The Hall–Kier alpha value is -1.90. The van der Waals surface area contributed by atoms with Crippen LogP contribution in [0.1, 0.15) is 12.0 Å². The van der Waals surface area contributed by atoms with E-state index in [-0.39, 0.29) is 4.90 Å². The number of amides is 1. The number of hydrogen-bond donors (Lipinski definition) is 2. The lowest BCUT2D eigenvalue weighted by Gasteiger charge is -2.18. The van der Waals surface area contributed by atoms with Gasteiger partial charge in [-0.2, -0.15) is 16.5 Å². The molecule has 0 unspecified atom stereocenters. The van der Waals surface area contributed by atoms with Crippen LogP contribution in [0.5, 0.6) is 0 Å². The number of rotatable bonds is 8. The molecule has 1 amide bonds. The molecule has 0 saturated carbocycles. The van der Waals surface area contributed by atoms with Crippen molar-refractivity contribution in [3.63, 3.8) is 0 Å². The molecule has 0 bridgehead atoms. The van der Waals surface area contributed by atoms with E-state index in [1.165, 1.54) is 12.1 Å². The summed E-state index contributed by atoms with van der Waals surface area (Å²) in [6, 6.07) is 8.96. The number of thioether (sulfide) groups is 1. The number of aromatic nitrogens is 1. The fourth-order valence-corrected chi connectivity index (χ4v) is 3.82. The van der Waals surface area contributed by atoms with Crippen LogP contribution in [0.15, 0.2) is 53.7 Å². The van der Waals surface area contributed by atoms with Gasteiger partial charge >= 0.3 is 0 Å². The molecule has 0 spiro atoms. The number of pyridine rings is 1. The van der Waals surface area contributed by atoms with Gasteiger partial charge in [-0.05, 0) is 49.6 Å². The fourth-order valence-electron chi connectivity index (χ4n) is 2.12. The van der Waals surface area contributed by atoms with E-state index in [0.717, 1.165) is 5.56 Å². The van der Waals surface area contributed by atoms with Crippen LogP contribution in [-0.4, -0.2) is 37.4 Å². The molecule has 1 aromatic carbocycles. The summed E-state index contributed by atoms with van der Waals surface area (Å²) in [5.74, 6) is 0.265. The average molecular weight is 380 g/mol. The van der Waals surface area contributed by atoms with Gasteiger partial charge in [-0.15, -0.1) is 0 Å². The minimum Gasteiger partial charge on any atom is -0.325 e. The maximum absolute atomic E-state index is 12.6. The number of aryl methyl sites for hydroxylation is 1. The topological polar surface area (TPSA) is 88.2 Å². The van der Waals surface area contributed by atoms with E-state index in [0.29, 0.717) is 17.9 Å². The highest BCUT2D eigenvalue weighted by Gasteiger charge is 2.25. The van der Waals surface area contributed by atoms with Crippen molar-refractivity contribution in [2.75, 3.05) is 17.3 Å². The van der Waals surface area contributed by atoms with Gasteiger partial charge in [0.15, 0.2) is 0 Å². The number of hydrogen-bond acceptors (Lipinski definition) is 5. The van der Waals surface area contributed by atoms with E-state index in [1.807, 2.05) is 13.2 Å². The summed E-state index contributed by atoms with van der Waals surface area (Å²) in [5.41, 5.74) is 1.54. The van der Waals surface area contributed by atoms with Crippen molar-refractivity contribution in [3.05, 3.63) is 54.4 Å². The molecule has 0 radical (unpaired) electrons. The molecule has 0 aliphatic carbocycles. The van der Waals surface area contributed by atoms with E-state index in [1.54, 1.807) is 48.4 Å². The van der Waals surface area contributed by atoms with E-state index in [4.69, 9.17) is 0 Å². The van der Waals surface area contributed by atoms with E-state index in [2.05, 4.69) is 15.0 Å². The third-order valence-corrected chi connectivity index (χ3v) is 5.64. The molecule has 25 heavy (non-hydrogen) atoms. The molecule has 0 fully saturated rings. The average Bonchev–Trinajstić information content (AvgIpc) is 2.59. The molecule has 0 saturated heterocycles. The predicted molar refractivity (Wildman–Crippen MR) is 101 cm³/mol. The molecule has 1 aromatic heterocycles. The summed E-state index contributed by atoms with van der Waals surface area (Å²) in [6.07, 6.45) is 5.42. The number of anilines is 1. The van der Waals surface area contributed by atoms with Gasteiger partial charge in [0.1, 0.15) is 6.04 Å². The van der Waals surface area contributed by atoms with Crippen molar-refractivity contribution in [1.29, 1.82) is 0 Å². The molecule has 1 atom stereocenters. The second-order valence-electron chi connectivity index (χ2n) is 5.49. The second-order valence-corrected chi connectivity index (χ2v) is 8.19. The van der Waals surface area contributed by atoms with Gasteiger partial charge in [0.05, 0.1) is 4.90 Å². The first-order chi connectivity index (χ1) is 11.9. The van der Waals surface area contributed by atoms with Crippen molar-refractivity contribution >= 4 is 33.4 Å². The van der Waals surface area contributed by atoms with E-state index >= 15 is 0 Å². The van der Waals surface area contributed by atoms with Crippen LogP contribution in [0.3, 0.4) is 0 Å². The summed E-state index contributed by atoms with van der Waals surface area (Å²) in [4.78, 5) is 16.5. The summed E-state index contributed by atoms with van der Waals surface area (Å²) in [7, 11) is -3.78. The summed E-state index contributed by atoms with van der Waals surface area (Å²) in [5, 5.41) is 2.72.